The SMILES string of the molecule is Cc1nc(N)sc1C(C)c1cn(C)nc1C(C)C. The minimum Gasteiger partial charge on any atom is -0.375 e. The van der Waals surface area contributed by atoms with Gasteiger partial charge in [0.15, 0.2) is 5.13 Å². The molecule has 0 spiro atoms. The summed E-state index contributed by atoms with van der Waals surface area (Å²) in [6.45, 7) is 8.56. The number of nitrogen functional groups attached to an aromatic ring is 1. The number of anilines is 1. The summed E-state index contributed by atoms with van der Waals surface area (Å²) < 4.78 is 1.89. The molecule has 0 aliphatic heterocycles. The molecule has 0 saturated carbocycles. The molecule has 2 rings (SSSR count). The first kappa shape index (κ1) is 13.1. The molecular weight excluding hydrogens is 244 g/mol. The first-order valence-electron chi connectivity index (χ1n) is 6.16. The van der Waals surface area contributed by atoms with Gasteiger partial charge in [-0.15, -0.1) is 11.3 Å². The van der Waals surface area contributed by atoms with Crippen LogP contribution in [0.5, 0.6) is 0 Å². The lowest BCUT2D eigenvalue weighted by Crippen LogP contribution is -2.00. The molecule has 0 aliphatic carbocycles. The minimum atomic E-state index is 0.297. The summed E-state index contributed by atoms with van der Waals surface area (Å²) in [6, 6.07) is 0. The van der Waals surface area contributed by atoms with E-state index in [0.717, 1.165) is 11.4 Å². The van der Waals surface area contributed by atoms with Gasteiger partial charge in [0.2, 0.25) is 0 Å². The first-order valence-corrected chi connectivity index (χ1v) is 6.98. The largest absolute Gasteiger partial charge is 0.375 e. The van der Waals surface area contributed by atoms with Crippen LogP contribution in [0.2, 0.25) is 0 Å². The van der Waals surface area contributed by atoms with Crippen molar-refractivity contribution in [2.45, 2.75) is 39.5 Å². The fourth-order valence-corrected chi connectivity index (χ4v) is 3.18. The van der Waals surface area contributed by atoms with Crippen molar-refractivity contribution in [2.75, 3.05) is 5.73 Å². The average molecular weight is 264 g/mol. The van der Waals surface area contributed by atoms with Crippen molar-refractivity contribution in [3.05, 3.63) is 28.0 Å². The van der Waals surface area contributed by atoms with Gasteiger partial charge in [0.25, 0.3) is 0 Å². The van der Waals surface area contributed by atoms with Gasteiger partial charge < -0.3 is 5.73 Å². The zero-order valence-electron chi connectivity index (χ0n) is 11.6. The van der Waals surface area contributed by atoms with Crippen LogP contribution >= 0.6 is 11.3 Å². The number of hydrogen-bond acceptors (Lipinski definition) is 4. The van der Waals surface area contributed by atoms with Gasteiger partial charge in [-0.1, -0.05) is 20.8 Å². The van der Waals surface area contributed by atoms with Gasteiger partial charge in [-0.05, 0) is 12.8 Å². The molecule has 98 valence electrons. The molecule has 0 aliphatic rings. The zero-order valence-corrected chi connectivity index (χ0v) is 12.4. The Hall–Kier alpha value is -1.36. The van der Waals surface area contributed by atoms with E-state index in [9.17, 15) is 0 Å². The zero-order chi connectivity index (χ0) is 13.4. The number of aromatic nitrogens is 3. The Morgan fingerprint density at radius 1 is 1.33 bits per heavy atom. The van der Waals surface area contributed by atoms with Crippen LogP contribution in [0, 0.1) is 6.92 Å². The molecule has 0 saturated heterocycles. The van der Waals surface area contributed by atoms with E-state index in [0.29, 0.717) is 17.0 Å². The molecule has 0 amide bonds. The third kappa shape index (κ3) is 2.27. The van der Waals surface area contributed by atoms with Crippen LogP contribution in [-0.2, 0) is 7.05 Å². The molecule has 1 atom stereocenters. The summed E-state index contributed by atoms with van der Waals surface area (Å²) in [5, 5.41) is 5.21. The number of nitrogens with zero attached hydrogens (tertiary/aromatic N) is 3. The molecular formula is C13H20N4S. The van der Waals surface area contributed by atoms with Crippen molar-refractivity contribution in [3.8, 4) is 0 Å². The Morgan fingerprint density at radius 2 is 2.00 bits per heavy atom. The highest BCUT2D eigenvalue weighted by molar-refractivity contribution is 7.15. The van der Waals surface area contributed by atoms with Gasteiger partial charge in [-0.3, -0.25) is 4.68 Å². The highest BCUT2D eigenvalue weighted by atomic mass is 32.1. The van der Waals surface area contributed by atoms with E-state index < -0.39 is 0 Å². The molecule has 2 aromatic rings. The maximum Gasteiger partial charge on any atom is 0.180 e. The highest BCUT2D eigenvalue weighted by Gasteiger charge is 2.21. The molecule has 18 heavy (non-hydrogen) atoms. The lowest BCUT2D eigenvalue weighted by molar-refractivity contribution is 0.710. The van der Waals surface area contributed by atoms with E-state index in [4.69, 9.17) is 5.73 Å². The second-order valence-electron chi connectivity index (χ2n) is 5.02. The van der Waals surface area contributed by atoms with Gasteiger partial charge >= 0.3 is 0 Å². The van der Waals surface area contributed by atoms with Crippen LogP contribution in [-0.4, -0.2) is 14.8 Å². The van der Waals surface area contributed by atoms with Crippen LogP contribution < -0.4 is 5.73 Å². The van der Waals surface area contributed by atoms with Crippen LogP contribution in [0.4, 0.5) is 5.13 Å². The lowest BCUT2D eigenvalue weighted by Gasteiger charge is -2.12. The van der Waals surface area contributed by atoms with E-state index in [2.05, 4.69) is 37.1 Å². The van der Waals surface area contributed by atoms with Crippen molar-refractivity contribution in [1.82, 2.24) is 14.8 Å². The van der Waals surface area contributed by atoms with Crippen molar-refractivity contribution in [1.29, 1.82) is 0 Å². The number of rotatable bonds is 3. The van der Waals surface area contributed by atoms with Crippen LogP contribution in [0.25, 0.3) is 0 Å². The smallest absolute Gasteiger partial charge is 0.180 e. The first-order chi connectivity index (χ1) is 8.40. The predicted octanol–water partition coefficient (Wildman–Crippen LogP) is 3.04. The Bertz CT molecular complexity index is 553. The third-order valence-electron chi connectivity index (χ3n) is 3.14. The van der Waals surface area contributed by atoms with E-state index in [1.165, 1.54) is 10.4 Å². The van der Waals surface area contributed by atoms with Gasteiger partial charge in [-0.2, -0.15) is 5.10 Å². The van der Waals surface area contributed by atoms with Gasteiger partial charge in [-0.25, -0.2) is 4.98 Å². The van der Waals surface area contributed by atoms with E-state index in [1.807, 2.05) is 18.7 Å². The summed E-state index contributed by atoms with van der Waals surface area (Å²) in [5.41, 5.74) is 9.26. The second-order valence-corrected chi connectivity index (χ2v) is 6.08. The van der Waals surface area contributed by atoms with E-state index >= 15 is 0 Å². The standard InChI is InChI=1S/C13H20N4S/c1-7(2)11-10(6-17(5)16-11)8(3)12-9(4)15-13(14)18-12/h6-8H,1-5H3,(H2,14,15). The molecule has 2 heterocycles. The van der Waals surface area contributed by atoms with E-state index in [-0.39, 0.29) is 0 Å². The number of aryl methyl sites for hydroxylation is 2. The van der Waals surface area contributed by atoms with E-state index in [1.54, 1.807) is 11.3 Å². The fourth-order valence-electron chi connectivity index (χ4n) is 2.28. The molecule has 4 nitrogen and oxygen atoms in total. The summed E-state index contributed by atoms with van der Waals surface area (Å²) >= 11 is 1.58. The van der Waals surface area contributed by atoms with Crippen molar-refractivity contribution in [3.63, 3.8) is 0 Å². The Kier molecular flexibility index (Phi) is 3.43. The molecule has 2 aromatic heterocycles. The molecule has 0 fully saturated rings. The van der Waals surface area contributed by atoms with Crippen molar-refractivity contribution >= 4 is 16.5 Å². The summed E-state index contributed by atoms with van der Waals surface area (Å²) in [4.78, 5) is 5.55. The number of nitrogens with two attached hydrogens (primary N) is 1. The molecule has 0 bridgehead atoms. The lowest BCUT2D eigenvalue weighted by atomic mass is 9.95. The van der Waals surface area contributed by atoms with Crippen molar-refractivity contribution < 1.29 is 0 Å². The molecule has 5 heteroatoms. The minimum absolute atomic E-state index is 0.297. The van der Waals surface area contributed by atoms with Gasteiger partial charge in [0.05, 0.1) is 11.4 Å². The molecule has 1 unspecified atom stereocenters. The van der Waals surface area contributed by atoms with Crippen molar-refractivity contribution in [2.24, 2.45) is 7.05 Å². The molecule has 2 N–H and O–H groups in total. The van der Waals surface area contributed by atoms with Gasteiger partial charge in [0, 0.05) is 29.6 Å². The quantitative estimate of drug-likeness (QED) is 0.927. The number of hydrogen-bond donors (Lipinski definition) is 1. The molecule has 0 radical (unpaired) electrons. The third-order valence-corrected chi connectivity index (χ3v) is 4.31. The summed E-state index contributed by atoms with van der Waals surface area (Å²) in [6.07, 6.45) is 2.11. The topological polar surface area (TPSA) is 56.7 Å². The van der Waals surface area contributed by atoms with Gasteiger partial charge in [0.1, 0.15) is 0 Å². The molecule has 0 aromatic carbocycles. The maximum atomic E-state index is 5.78. The monoisotopic (exact) mass is 264 g/mol. The highest BCUT2D eigenvalue weighted by Crippen LogP contribution is 2.35. The van der Waals surface area contributed by atoms with Crippen LogP contribution in [0.15, 0.2) is 6.20 Å². The maximum absolute atomic E-state index is 5.78. The Labute approximate surface area is 112 Å². The summed E-state index contributed by atoms with van der Waals surface area (Å²) in [5.74, 6) is 0.722. The normalized spacial score (nSPS) is 13.2. The number of thiazole rings is 1. The second kappa shape index (κ2) is 4.72. The van der Waals surface area contributed by atoms with Crippen LogP contribution in [0.1, 0.15) is 54.4 Å². The average Bonchev–Trinajstić information content (AvgIpc) is 2.81. The Balaban J connectivity index is 2.45. The summed E-state index contributed by atoms with van der Waals surface area (Å²) in [7, 11) is 1.97. The Morgan fingerprint density at radius 3 is 2.50 bits per heavy atom. The van der Waals surface area contributed by atoms with Crippen LogP contribution in [0.3, 0.4) is 0 Å². The predicted molar refractivity (Wildman–Crippen MR) is 76.1 cm³/mol. The fraction of sp³-hybridized carbons (Fsp3) is 0.538.